The van der Waals surface area contributed by atoms with Crippen LogP contribution in [-0.2, 0) is 10.9 Å². The molecule has 10 nitrogen and oxygen atoms in total. The Morgan fingerprint density at radius 3 is 2.58 bits per heavy atom. The zero-order valence-electron chi connectivity index (χ0n) is 17.6. The van der Waals surface area contributed by atoms with E-state index in [1.807, 2.05) is 0 Å². The van der Waals surface area contributed by atoms with Crippen molar-refractivity contribution in [3.63, 3.8) is 0 Å². The van der Waals surface area contributed by atoms with Gasteiger partial charge in [0.05, 0.1) is 43.1 Å². The van der Waals surface area contributed by atoms with Gasteiger partial charge in [-0.1, -0.05) is 0 Å². The molecule has 2 saturated heterocycles. The van der Waals surface area contributed by atoms with Gasteiger partial charge in [-0.25, -0.2) is 9.97 Å². The molecule has 13 heteroatoms. The van der Waals surface area contributed by atoms with Crippen molar-refractivity contribution < 1.29 is 32.9 Å². The molecule has 0 bridgehead atoms. The van der Waals surface area contributed by atoms with Crippen LogP contribution in [0.15, 0.2) is 24.8 Å². The van der Waals surface area contributed by atoms with Crippen molar-refractivity contribution in [2.24, 2.45) is 0 Å². The van der Waals surface area contributed by atoms with Gasteiger partial charge < -0.3 is 30.3 Å². The van der Waals surface area contributed by atoms with E-state index >= 15 is 0 Å². The average Bonchev–Trinajstić information content (AvgIpc) is 2.82. The van der Waals surface area contributed by atoms with Crippen LogP contribution in [0.4, 0.5) is 19.0 Å². The first-order valence-corrected chi connectivity index (χ1v) is 10.6. The van der Waals surface area contributed by atoms with Crippen molar-refractivity contribution in [2.75, 3.05) is 31.6 Å². The van der Waals surface area contributed by atoms with Gasteiger partial charge in [0.1, 0.15) is 30.7 Å². The Kier molecular flexibility index (Phi) is 7.22. The minimum absolute atomic E-state index is 0.0876. The number of aliphatic hydroxyl groups excluding tert-OH is 2. The molecule has 2 fully saturated rings. The number of alkyl halides is 3. The molecular weight excluding hydrogens is 445 g/mol. The Balaban J connectivity index is 1.29. The molecule has 4 rings (SSSR count). The number of hydrogen-bond donors (Lipinski definition) is 4. The SMILES string of the molecule is O[C@@H]1[C@H](O)[C@@H](Nc2cncc(C(F)(F)F)n2)CO[C@@H]1COc1cnc(C2CCNCC2)cn1. The molecule has 2 aliphatic rings. The van der Waals surface area contributed by atoms with Crippen LogP contribution in [-0.4, -0.2) is 80.8 Å². The van der Waals surface area contributed by atoms with Gasteiger partial charge in [-0.3, -0.25) is 9.97 Å². The standard InChI is InChI=1S/C20H25F3N6O4/c21-20(22,23)15-6-25-7-16(29-15)28-13-9-32-14(19(31)18(13)30)10-33-17-8-26-12(5-27-17)11-1-3-24-4-2-11/h5-8,11,13-14,18-19,24,30-31H,1-4,9-10H2,(H,28,29)/t13-,14+,18+,19-/m0/s1. The molecule has 4 heterocycles. The molecule has 180 valence electrons. The lowest BCUT2D eigenvalue weighted by Crippen LogP contribution is -2.57. The summed E-state index contributed by atoms with van der Waals surface area (Å²) in [5.74, 6) is 0.429. The lowest BCUT2D eigenvalue weighted by Gasteiger charge is -2.37. The predicted molar refractivity (Wildman–Crippen MR) is 109 cm³/mol. The van der Waals surface area contributed by atoms with E-state index in [0.29, 0.717) is 12.1 Å². The fourth-order valence-electron chi connectivity index (χ4n) is 3.81. The Morgan fingerprint density at radius 2 is 1.88 bits per heavy atom. The summed E-state index contributed by atoms with van der Waals surface area (Å²) >= 11 is 0. The molecule has 0 saturated carbocycles. The monoisotopic (exact) mass is 470 g/mol. The first-order valence-electron chi connectivity index (χ1n) is 10.6. The number of aliphatic hydroxyl groups is 2. The molecule has 2 aromatic heterocycles. The summed E-state index contributed by atoms with van der Waals surface area (Å²) in [6.07, 6.45) is -1.33. The molecule has 0 spiro atoms. The maximum Gasteiger partial charge on any atom is 0.434 e. The van der Waals surface area contributed by atoms with E-state index in [1.165, 1.54) is 6.20 Å². The van der Waals surface area contributed by atoms with Gasteiger partial charge in [-0.2, -0.15) is 13.2 Å². The van der Waals surface area contributed by atoms with Crippen molar-refractivity contribution >= 4 is 5.82 Å². The predicted octanol–water partition coefficient (Wildman–Crippen LogP) is 0.732. The molecule has 2 aromatic rings. The fourth-order valence-corrected chi connectivity index (χ4v) is 3.81. The van der Waals surface area contributed by atoms with E-state index in [1.54, 1.807) is 6.20 Å². The molecule has 4 atom stereocenters. The summed E-state index contributed by atoms with van der Waals surface area (Å²) < 4.78 is 49.5. The van der Waals surface area contributed by atoms with E-state index in [9.17, 15) is 23.4 Å². The average molecular weight is 470 g/mol. The second-order valence-electron chi connectivity index (χ2n) is 8.01. The molecule has 33 heavy (non-hydrogen) atoms. The van der Waals surface area contributed by atoms with E-state index in [4.69, 9.17) is 9.47 Å². The number of aromatic nitrogens is 4. The number of nitrogens with zero attached hydrogens (tertiary/aromatic N) is 4. The summed E-state index contributed by atoms with van der Waals surface area (Å²) in [4.78, 5) is 15.6. The van der Waals surface area contributed by atoms with E-state index in [-0.39, 0.29) is 24.9 Å². The van der Waals surface area contributed by atoms with Crippen molar-refractivity contribution in [1.29, 1.82) is 0 Å². The van der Waals surface area contributed by atoms with Gasteiger partial charge in [0.25, 0.3) is 0 Å². The van der Waals surface area contributed by atoms with Gasteiger partial charge in [0.15, 0.2) is 5.69 Å². The van der Waals surface area contributed by atoms with Crippen LogP contribution in [0.3, 0.4) is 0 Å². The van der Waals surface area contributed by atoms with E-state index in [0.717, 1.165) is 37.8 Å². The molecule has 0 unspecified atom stereocenters. The highest BCUT2D eigenvalue weighted by Crippen LogP contribution is 2.28. The Hall–Kier alpha value is -2.61. The van der Waals surface area contributed by atoms with Crippen LogP contribution in [0.5, 0.6) is 5.88 Å². The molecule has 4 N–H and O–H groups in total. The molecule has 0 aromatic carbocycles. The number of halogens is 3. The van der Waals surface area contributed by atoms with Crippen LogP contribution < -0.4 is 15.4 Å². The third-order valence-corrected chi connectivity index (χ3v) is 5.69. The van der Waals surface area contributed by atoms with Crippen molar-refractivity contribution in [2.45, 2.75) is 49.3 Å². The Bertz CT molecular complexity index is 913. The summed E-state index contributed by atoms with van der Waals surface area (Å²) in [5, 5.41) is 26.8. The number of anilines is 1. The quantitative estimate of drug-likeness (QED) is 0.479. The van der Waals surface area contributed by atoms with E-state index < -0.39 is 36.2 Å². The van der Waals surface area contributed by atoms with Crippen LogP contribution >= 0.6 is 0 Å². The zero-order chi connectivity index (χ0) is 23.4. The number of hydrogen-bond acceptors (Lipinski definition) is 10. The van der Waals surface area contributed by atoms with Gasteiger partial charge in [-0.15, -0.1) is 0 Å². The smallest absolute Gasteiger partial charge is 0.434 e. The summed E-state index contributed by atoms with van der Waals surface area (Å²) in [6, 6.07) is -0.891. The third kappa shape index (κ3) is 5.85. The third-order valence-electron chi connectivity index (χ3n) is 5.69. The van der Waals surface area contributed by atoms with Crippen molar-refractivity contribution in [1.82, 2.24) is 25.3 Å². The van der Waals surface area contributed by atoms with Gasteiger partial charge in [-0.05, 0) is 25.9 Å². The van der Waals surface area contributed by atoms with Crippen molar-refractivity contribution in [3.05, 3.63) is 36.2 Å². The molecule has 2 aliphatic heterocycles. The van der Waals surface area contributed by atoms with Gasteiger partial charge in [0.2, 0.25) is 5.88 Å². The Labute approximate surface area is 187 Å². The molecular formula is C20H25F3N6O4. The zero-order valence-corrected chi connectivity index (χ0v) is 17.6. The van der Waals surface area contributed by atoms with Crippen LogP contribution in [0.1, 0.15) is 30.1 Å². The highest BCUT2D eigenvalue weighted by atomic mass is 19.4. The van der Waals surface area contributed by atoms with Gasteiger partial charge in [0, 0.05) is 5.92 Å². The summed E-state index contributed by atoms with van der Waals surface area (Å²) in [6.45, 7) is 1.71. The number of piperidine rings is 1. The Morgan fingerprint density at radius 1 is 1.09 bits per heavy atom. The normalized spacial score (nSPS) is 26.7. The lowest BCUT2D eigenvalue weighted by atomic mass is 9.95. The molecule has 0 aliphatic carbocycles. The van der Waals surface area contributed by atoms with Crippen molar-refractivity contribution in [3.8, 4) is 5.88 Å². The summed E-state index contributed by atoms with van der Waals surface area (Å²) in [5.41, 5.74) is -0.266. The summed E-state index contributed by atoms with van der Waals surface area (Å²) in [7, 11) is 0. The lowest BCUT2D eigenvalue weighted by molar-refractivity contribution is -0.150. The highest BCUT2D eigenvalue weighted by Gasteiger charge is 2.39. The van der Waals surface area contributed by atoms with Crippen LogP contribution in [0.2, 0.25) is 0 Å². The minimum Gasteiger partial charge on any atom is -0.474 e. The minimum atomic E-state index is -4.65. The second-order valence-corrected chi connectivity index (χ2v) is 8.01. The molecule has 0 radical (unpaired) electrons. The number of nitrogens with one attached hydrogen (secondary N) is 2. The molecule has 0 amide bonds. The van der Waals surface area contributed by atoms with Crippen LogP contribution in [0, 0.1) is 0 Å². The largest absolute Gasteiger partial charge is 0.474 e. The topological polar surface area (TPSA) is 135 Å². The number of ether oxygens (including phenoxy) is 2. The first-order chi connectivity index (χ1) is 15.8. The van der Waals surface area contributed by atoms with E-state index in [2.05, 4.69) is 30.6 Å². The number of rotatable bonds is 6. The maximum absolute atomic E-state index is 12.8. The first kappa shape index (κ1) is 23.5. The highest BCUT2D eigenvalue weighted by molar-refractivity contribution is 5.34. The second kappa shape index (κ2) is 10.1. The van der Waals surface area contributed by atoms with Gasteiger partial charge >= 0.3 is 6.18 Å². The fraction of sp³-hybridized carbons (Fsp3) is 0.600. The maximum atomic E-state index is 12.8. The van der Waals surface area contributed by atoms with Crippen LogP contribution in [0.25, 0.3) is 0 Å².